The second-order valence-corrected chi connectivity index (χ2v) is 5.85. The van der Waals surface area contributed by atoms with Gasteiger partial charge in [-0.15, -0.1) is 0 Å². The molecule has 4 rings (SSSR count). The maximum Gasteiger partial charge on any atom is 0.335 e. The van der Waals surface area contributed by atoms with E-state index < -0.39 is 5.97 Å². The highest BCUT2D eigenvalue weighted by molar-refractivity contribution is 5.88. The molecule has 2 heterocycles. The van der Waals surface area contributed by atoms with Crippen LogP contribution in [0.15, 0.2) is 65.3 Å². The molecule has 0 saturated carbocycles. The summed E-state index contributed by atoms with van der Waals surface area (Å²) in [5.41, 5.74) is 4.29. The summed E-state index contributed by atoms with van der Waals surface area (Å²) in [7, 11) is 0. The van der Waals surface area contributed by atoms with E-state index in [0.717, 1.165) is 28.1 Å². The van der Waals surface area contributed by atoms with Crippen LogP contribution in [0.1, 0.15) is 16.1 Å². The van der Waals surface area contributed by atoms with E-state index >= 15 is 0 Å². The van der Waals surface area contributed by atoms with E-state index in [-0.39, 0.29) is 5.56 Å². The molecule has 128 valence electrons. The summed E-state index contributed by atoms with van der Waals surface area (Å²) in [4.78, 5) is 18.8. The molecule has 2 aromatic carbocycles. The first kappa shape index (κ1) is 15.8. The number of benzene rings is 2. The largest absolute Gasteiger partial charge is 0.478 e. The molecule has 6 nitrogen and oxygen atoms in total. The fourth-order valence-corrected chi connectivity index (χ4v) is 2.84. The average molecular weight is 345 g/mol. The number of rotatable bonds is 4. The summed E-state index contributed by atoms with van der Waals surface area (Å²) in [5.74, 6) is 0.379. The lowest BCUT2D eigenvalue weighted by molar-refractivity contribution is 0.0697. The van der Waals surface area contributed by atoms with Crippen molar-refractivity contribution in [3.05, 3.63) is 72.1 Å². The van der Waals surface area contributed by atoms with Crippen LogP contribution in [-0.2, 0) is 0 Å². The number of hydrogen-bond donors (Lipinski definition) is 2. The predicted octanol–water partition coefficient (Wildman–Crippen LogP) is 4.41. The lowest BCUT2D eigenvalue weighted by Gasteiger charge is -2.00. The lowest BCUT2D eigenvalue weighted by Crippen LogP contribution is -1.95. The number of carboxylic acid groups (broad SMARTS) is 1. The Balaban J connectivity index is 1.73. The Labute approximate surface area is 149 Å². The molecule has 0 bridgehead atoms. The number of carbonyl (C=O) groups is 1. The third-order valence-corrected chi connectivity index (χ3v) is 4.15. The molecule has 0 amide bonds. The van der Waals surface area contributed by atoms with Gasteiger partial charge < -0.3 is 14.6 Å². The van der Waals surface area contributed by atoms with Gasteiger partial charge in [-0.1, -0.05) is 47.6 Å². The molecule has 0 atom stereocenters. The van der Waals surface area contributed by atoms with Gasteiger partial charge in [0.05, 0.1) is 16.8 Å². The van der Waals surface area contributed by atoms with Crippen LogP contribution in [0.25, 0.3) is 33.9 Å². The third-order valence-electron chi connectivity index (χ3n) is 4.15. The van der Waals surface area contributed by atoms with E-state index in [1.165, 1.54) is 0 Å². The highest BCUT2D eigenvalue weighted by atomic mass is 16.5. The molecule has 2 N–H and O–H groups in total. The zero-order valence-corrected chi connectivity index (χ0v) is 13.9. The Morgan fingerprint density at radius 3 is 2.46 bits per heavy atom. The van der Waals surface area contributed by atoms with Crippen molar-refractivity contribution in [3.8, 4) is 33.9 Å². The van der Waals surface area contributed by atoms with Gasteiger partial charge in [-0.2, -0.15) is 0 Å². The van der Waals surface area contributed by atoms with E-state index in [1.54, 1.807) is 30.5 Å². The highest BCUT2D eigenvalue weighted by Gasteiger charge is 2.19. The normalized spacial score (nSPS) is 10.8. The van der Waals surface area contributed by atoms with Gasteiger partial charge in [0.25, 0.3) is 0 Å². The van der Waals surface area contributed by atoms with Gasteiger partial charge in [0, 0.05) is 17.3 Å². The number of carboxylic acids is 1. The maximum absolute atomic E-state index is 11.0. The van der Waals surface area contributed by atoms with Crippen LogP contribution in [0.2, 0.25) is 0 Å². The number of aromatic carboxylic acids is 1. The first-order valence-corrected chi connectivity index (χ1v) is 8.04. The van der Waals surface area contributed by atoms with Crippen molar-refractivity contribution in [2.45, 2.75) is 6.92 Å². The van der Waals surface area contributed by atoms with Gasteiger partial charge in [-0.3, -0.25) is 0 Å². The van der Waals surface area contributed by atoms with Crippen LogP contribution < -0.4 is 0 Å². The quantitative estimate of drug-likeness (QED) is 0.572. The molecule has 0 fully saturated rings. The smallest absolute Gasteiger partial charge is 0.335 e. The molecule has 0 spiro atoms. The number of aromatic amines is 1. The van der Waals surface area contributed by atoms with Crippen molar-refractivity contribution >= 4 is 5.97 Å². The Bertz CT molecular complexity index is 1060. The van der Waals surface area contributed by atoms with Crippen LogP contribution in [0.5, 0.6) is 0 Å². The Morgan fingerprint density at radius 1 is 1.04 bits per heavy atom. The Hall–Kier alpha value is -3.67. The van der Waals surface area contributed by atoms with Crippen molar-refractivity contribution in [3.63, 3.8) is 0 Å². The third kappa shape index (κ3) is 2.77. The van der Waals surface area contributed by atoms with Crippen LogP contribution >= 0.6 is 0 Å². The zero-order chi connectivity index (χ0) is 18.1. The van der Waals surface area contributed by atoms with Gasteiger partial charge in [0.15, 0.2) is 0 Å². The molecule has 0 aliphatic heterocycles. The van der Waals surface area contributed by atoms with E-state index in [1.807, 2.05) is 37.3 Å². The Morgan fingerprint density at radius 2 is 1.77 bits per heavy atom. The van der Waals surface area contributed by atoms with Crippen molar-refractivity contribution in [2.24, 2.45) is 0 Å². The number of aryl methyl sites for hydroxylation is 1. The molecule has 0 unspecified atom stereocenters. The van der Waals surface area contributed by atoms with Gasteiger partial charge in [-0.25, -0.2) is 9.78 Å². The number of imidazole rings is 1. The summed E-state index contributed by atoms with van der Waals surface area (Å²) >= 11 is 0. The van der Waals surface area contributed by atoms with Gasteiger partial charge in [0.1, 0.15) is 17.3 Å². The molecule has 0 aliphatic rings. The minimum Gasteiger partial charge on any atom is -0.478 e. The first-order valence-electron chi connectivity index (χ1n) is 8.04. The van der Waals surface area contributed by atoms with Crippen LogP contribution in [-0.4, -0.2) is 26.2 Å². The van der Waals surface area contributed by atoms with E-state index in [4.69, 9.17) is 9.63 Å². The van der Waals surface area contributed by atoms with Gasteiger partial charge in [0.2, 0.25) is 0 Å². The van der Waals surface area contributed by atoms with Crippen LogP contribution in [0.3, 0.4) is 0 Å². The SMILES string of the molecule is Cc1onc(-c2ccccc2)c1-c1c[nH]c(-c2ccc(C(=O)O)cc2)n1. The van der Waals surface area contributed by atoms with E-state index in [9.17, 15) is 4.79 Å². The molecule has 6 heteroatoms. The number of nitrogens with zero attached hydrogens (tertiary/aromatic N) is 2. The fourth-order valence-electron chi connectivity index (χ4n) is 2.84. The minimum absolute atomic E-state index is 0.238. The maximum atomic E-state index is 11.0. The zero-order valence-electron chi connectivity index (χ0n) is 13.9. The minimum atomic E-state index is -0.954. The molecule has 2 aromatic heterocycles. The lowest BCUT2D eigenvalue weighted by atomic mass is 10.0. The topological polar surface area (TPSA) is 92.0 Å². The molecule has 26 heavy (non-hydrogen) atoms. The average Bonchev–Trinajstić information content (AvgIpc) is 3.29. The molecular weight excluding hydrogens is 330 g/mol. The first-order chi connectivity index (χ1) is 12.6. The Kier molecular flexibility index (Phi) is 3.85. The monoisotopic (exact) mass is 345 g/mol. The van der Waals surface area contributed by atoms with Gasteiger partial charge >= 0.3 is 5.97 Å². The van der Waals surface area contributed by atoms with Crippen LogP contribution in [0.4, 0.5) is 0 Å². The van der Waals surface area contributed by atoms with Crippen molar-refractivity contribution in [2.75, 3.05) is 0 Å². The molecule has 0 saturated heterocycles. The molecule has 0 radical (unpaired) electrons. The summed E-state index contributed by atoms with van der Waals surface area (Å²) in [6, 6.07) is 16.4. The standard InChI is InChI=1S/C20H15N3O3/c1-12-17(18(23-26-12)13-5-3-2-4-6-13)16-11-21-19(22-16)14-7-9-15(10-8-14)20(24)25/h2-11H,1H3,(H,21,22)(H,24,25). The molecule has 0 aliphatic carbocycles. The summed E-state index contributed by atoms with van der Waals surface area (Å²) in [5, 5.41) is 13.2. The van der Waals surface area contributed by atoms with Gasteiger partial charge in [-0.05, 0) is 19.1 Å². The highest BCUT2D eigenvalue weighted by Crippen LogP contribution is 2.34. The predicted molar refractivity (Wildman–Crippen MR) is 96.7 cm³/mol. The fraction of sp³-hybridized carbons (Fsp3) is 0.0500. The second-order valence-electron chi connectivity index (χ2n) is 5.85. The number of H-pyrrole nitrogens is 1. The number of hydrogen-bond acceptors (Lipinski definition) is 4. The summed E-state index contributed by atoms with van der Waals surface area (Å²) in [6.07, 6.45) is 1.80. The number of aromatic nitrogens is 3. The van der Waals surface area contributed by atoms with Crippen molar-refractivity contribution < 1.29 is 14.4 Å². The van der Waals surface area contributed by atoms with E-state index in [0.29, 0.717) is 11.6 Å². The molecule has 4 aromatic rings. The van der Waals surface area contributed by atoms with Crippen molar-refractivity contribution in [1.82, 2.24) is 15.1 Å². The summed E-state index contributed by atoms with van der Waals surface area (Å²) in [6.45, 7) is 1.85. The van der Waals surface area contributed by atoms with Crippen LogP contribution in [0, 0.1) is 6.92 Å². The summed E-state index contributed by atoms with van der Waals surface area (Å²) < 4.78 is 5.39. The number of nitrogens with one attached hydrogen (secondary N) is 1. The second kappa shape index (κ2) is 6.33. The van der Waals surface area contributed by atoms with Crippen molar-refractivity contribution in [1.29, 1.82) is 0 Å². The molecular formula is C20H15N3O3. The van der Waals surface area contributed by atoms with E-state index in [2.05, 4.69) is 15.1 Å².